The molecule has 0 bridgehead atoms. The number of hydrogen-bond acceptors (Lipinski definition) is 5. The minimum atomic E-state index is -1.45. The van der Waals surface area contributed by atoms with Crippen molar-refractivity contribution >= 4 is 29.2 Å². The number of carbonyl (C=O) groups excluding carboxylic acids is 3. The fourth-order valence-electron chi connectivity index (χ4n) is 2.96. The van der Waals surface area contributed by atoms with Crippen LogP contribution in [0.1, 0.15) is 13.3 Å². The molecule has 1 aromatic carbocycles. The van der Waals surface area contributed by atoms with Gasteiger partial charge < -0.3 is 15.0 Å². The molecule has 0 radical (unpaired) electrons. The van der Waals surface area contributed by atoms with Crippen molar-refractivity contribution in [2.45, 2.75) is 25.6 Å². The molecule has 2 saturated heterocycles. The highest BCUT2D eigenvalue weighted by molar-refractivity contribution is 5.90. The van der Waals surface area contributed by atoms with E-state index < -0.39 is 18.4 Å². The van der Waals surface area contributed by atoms with Crippen LogP contribution in [-0.2, 0) is 14.3 Å². The lowest BCUT2D eigenvalue weighted by atomic mass is 10.1. The van der Waals surface area contributed by atoms with Gasteiger partial charge in [0.05, 0.1) is 19.6 Å². The smallest absolute Gasteiger partial charge is 0.414 e. The number of piperidine rings is 1. The molecule has 1 aromatic rings. The number of cyclic esters (lactones) is 1. The zero-order valence-corrected chi connectivity index (χ0v) is 13.9. The first-order valence-electron chi connectivity index (χ1n) is 8.18. The second-order valence-electron chi connectivity index (χ2n) is 6.20. The summed E-state index contributed by atoms with van der Waals surface area (Å²) < 4.78 is 18.8. The Hall–Kier alpha value is -2.64. The molecule has 2 atom stereocenters. The van der Waals surface area contributed by atoms with E-state index >= 15 is 0 Å². The molecule has 1 N–H and O–H groups in total. The molecule has 25 heavy (non-hydrogen) atoms. The number of benzene rings is 1. The summed E-state index contributed by atoms with van der Waals surface area (Å²) in [5, 5.41) is 2.63. The molecule has 1 unspecified atom stereocenters. The fraction of sp³-hybridized carbons (Fsp3) is 0.471. The number of ketones is 1. The van der Waals surface area contributed by atoms with E-state index in [-0.39, 0.29) is 31.2 Å². The first-order chi connectivity index (χ1) is 11.9. The molecule has 2 amide bonds. The molecule has 2 fully saturated rings. The topological polar surface area (TPSA) is 79.0 Å². The van der Waals surface area contributed by atoms with Crippen LogP contribution in [0.2, 0.25) is 0 Å². The van der Waals surface area contributed by atoms with E-state index in [0.29, 0.717) is 18.8 Å². The van der Waals surface area contributed by atoms with E-state index in [0.717, 1.165) is 5.69 Å². The molecular weight excluding hydrogens is 329 g/mol. The summed E-state index contributed by atoms with van der Waals surface area (Å²) in [4.78, 5) is 37.5. The van der Waals surface area contributed by atoms with Crippen LogP contribution in [0.4, 0.5) is 20.6 Å². The van der Waals surface area contributed by atoms with Crippen LogP contribution < -0.4 is 15.1 Å². The van der Waals surface area contributed by atoms with Gasteiger partial charge >= 0.3 is 6.09 Å². The molecule has 0 spiro atoms. The maximum absolute atomic E-state index is 13.6. The standard InChI is InChI=1S/C17H20FN3O4/c1-11(22)19-8-14-9-21(17(24)25-14)13-4-2-12(3-5-13)20-7-6-16(23)15(18)10-20/h2-5,14-15H,6-10H2,1H3,(H,19,22)/t14?,15-/m0/s1. The normalized spacial score (nSPS) is 23.6. The van der Waals surface area contributed by atoms with Crippen LogP contribution in [-0.4, -0.2) is 56.2 Å². The highest BCUT2D eigenvalue weighted by Gasteiger charge is 2.32. The molecule has 7 nitrogen and oxygen atoms in total. The third-order valence-electron chi connectivity index (χ3n) is 4.34. The number of nitrogens with zero attached hydrogens (tertiary/aromatic N) is 2. The average molecular weight is 349 g/mol. The molecule has 2 aliphatic heterocycles. The third-order valence-corrected chi connectivity index (χ3v) is 4.34. The molecule has 0 saturated carbocycles. The maximum Gasteiger partial charge on any atom is 0.414 e. The number of rotatable bonds is 4. The summed E-state index contributed by atoms with van der Waals surface area (Å²) in [5.74, 6) is -0.525. The zero-order chi connectivity index (χ0) is 18.0. The number of alkyl halides is 1. The van der Waals surface area contributed by atoms with E-state index in [2.05, 4.69) is 5.32 Å². The highest BCUT2D eigenvalue weighted by Crippen LogP contribution is 2.26. The van der Waals surface area contributed by atoms with Crippen LogP contribution in [0.3, 0.4) is 0 Å². The number of ether oxygens (including phenoxy) is 1. The van der Waals surface area contributed by atoms with Crippen LogP contribution in [0.25, 0.3) is 0 Å². The van der Waals surface area contributed by atoms with Gasteiger partial charge in [-0.25, -0.2) is 9.18 Å². The molecule has 2 heterocycles. The number of carbonyl (C=O) groups is 3. The largest absolute Gasteiger partial charge is 0.442 e. The molecule has 8 heteroatoms. The summed E-state index contributed by atoms with van der Waals surface area (Å²) in [6, 6.07) is 7.13. The van der Waals surface area contributed by atoms with Crippen LogP contribution in [0.15, 0.2) is 24.3 Å². The monoisotopic (exact) mass is 349 g/mol. The Bertz CT molecular complexity index is 679. The van der Waals surface area contributed by atoms with Gasteiger partial charge in [0.15, 0.2) is 12.0 Å². The number of anilines is 2. The Morgan fingerprint density at radius 3 is 2.56 bits per heavy atom. The molecular formula is C17H20FN3O4. The molecule has 0 aliphatic carbocycles. The van der Waals surface area contributed by atoms with Crippen molar-refractivity contribution in [3.63, 3.8) is 0 Å². The van der Waals surface area contributed by atoms with E-state index in [1.807, 2.05) is 4.90 Å². The van der Waals surface area contributed by atoms with Gasteiger partial charge in [-0.3, -0.25) is 14.5 Å². The van der Waals surface area contributed by atoms with E-state index in [1.165, 1.54) is 11.8 Å². The Kier molecular flexibility index (Phi) is 4.87. The SMILES string of the molecule is CC(=O)NCC1CN(c2ccc(N3CCC(=O)[C@@H](F)C3)cc2)C(=O)O1. The van der Waals surface area contributed by atoms with Gasteiger partial charge in [-0.05, 0) is 24.3 Å². The summed E-state index contributed by atoms with van der Waals surface area (Å²) in [5.41, 5.74) is 1.48. The molecule has 134 valence electrons. The van der Waals surface area contributed by atoms with Gasteiger partial charge in [0, 0.05) is 31.3 Å². The van der Waals surface area contributed by atoms with Gasteiger partial charge in [0.25, 0.3) is 0 Å². The van der Waals surface area contributed by atoms with Crippen LogP contribution in [0, 0.1) is 0 Å². The van der Waals surface area contributed by atoms with E-state index in [4.69, 9.17) is 4.74 Å². The number of amides is 2. The number of Topliss-reactive ketones (excluding diaryl/α,β-unsaturated/α-hetero) is 1. The van der Waals surface area contributed by atoms with Crippen molar-refractivity contribution in [2.24, 2.45) is 0 Å². The number of hydrogen-bond donors (Lipinski definition) is 1. The van der Waals surface area contributed by atoms with Crippen molar-refractivity contribution < 1.29 is 23.5 Å². The number of halogens is 1. The molecule has 3 rings (SSSR count). The second kappa shape index (κ2) is 7.08. The zero-order valence-electron chi connectivity index (χ0n) is 13.9. The lowest BCUT2D eigenvalue weighted by molar-refractivity contribution is -0.124. The molecule has 0 aromatic heterocycles. The third kappa shape index (κ3) is 3.89. The predicted molar refractivity (Wildman–Crippen MR) is 89.5 cm³/mol. The Balaban J connectivity index is 1.63. The maximum atomic E-state index is 13.6. The Labute approximate surface area is 144 Å². The number of nitrogens with one attached hydrogen (secondary N) is 1. The van der Waals surface area contributed by atoms with E-state index in [9.17, 15) is 18.8 Å². The van der Waals surface area contributed by atoms with Crippen molar-refractivity contribution in [3.05, 3.63) is 24.3 Å². The van der Waals surface area contributed by atoms with E-state index in [1.54, 1.807) is 24.3 Å². The Morgan fingerprint density at radius 1 is 1.24 bits per heavy atom. The van der Waals surface area contributed by atoms with Gasteiger partial charge in [-0.1, -0.05) is 0 Å². The van der Waals surface area contributed by atoms with Crippen molar-refractivity contribution in [2.75, 3.05) is 36.0 Å². The first kappa shape index (κ1) is 17.2. The van der Waals surface area contributed by atoms with Crippen LogP contribution >= 0.6 is 0 Å². The van der Waals surface area contributed by atoms with Gasteiger partial charge in [-0.15, -0.1) is 0 Å². The fourth-order valence-corrected chi connectivity index (χ4v) is 2.96. The lowest BCUT2D eigenvalue weighted by Gasteiger charge is -2.30. The summed E-state index contributed by atoms with van der Waals surface area (Å²) in [6.45, 7) is 2.58. The summed E-state index contributed by atoms with van der Waals surface area (Å²) in [6.07, 6.45) is -2.10. The van der Waals surface area contributed by atoms with Gasteiger partial charge in [0.1, 0.15) is 6.10 Å². The second-order valence-corrected chi connectivity index (χ2v) is 6.20. The summed E-state index contributed by atoms with van der Waals surface area (Å²) in [7, 11) is 0. The molecule has 2 aliphatic rings. The van der Waals surface area contributed by atoms with Crippen molar-refractivity contribution in [3.8, 4) is 0 Å². The first-order valence-corrected chi connectivity index (χ1v) is 8.18. The van der Waals surface area contributed by atoms with Crippen LogP contribution in [0.5, 0.6) is 0 Å². The van der Waals surface area contributed by atoms with Crippen molar-refractivity contribution in [1.29, 1.82) is 0 Å². The minimum Gasteiger partial charge on any atom is -0.442 e. The van der Waals surface area contributed by atoms with Crippen molar-refractivity contribution in [1.82, 2.24) is 5.32 Å². The van der Waals surface area contributed by atoms with Gasteiger partial charge in [-0.2, -0.15) is 0 Å². The lowest BCUT2D eigenvalue weighted by Crippen LogP contribution is -2.42. The Morgan fingerprint density at radius 2 is 1.92 bits per heavy atom. The average Bonchev–Trinajstić information content (AvgIpc) is 2.96. The highest BCUT2D eigenvalue weighted by atomic mass is 19.1. The van der Waals surface area contributed by atoms with Gasteiger partial charge in [0.2, 0.25) is 5.91 Å². The quantitative estimate of drug-likeness (QED) is 0.885. The predicted octanol–water partition coefficient (Wildman–Crippen LogP) is 1.27. The summed E-state index contributed by atoms with van der Waals surface area (Å²) >= 11 is 0. The minimum absolute atomic E-state index is 0.0583.